The molecule has 1 amide bonds. The molecule has 0 atom stereocenters. The first kappa shape index (κ1) is 15.0. The van der Waals surface area contributed by atoms with Crippen LogP contribution in [0.2, 0.25) is 5.15 Å². The Morgan fingerprint density at radius 1 is 1.35 bits per heavy atom. The third-order valence-corrected chi connectivity index (χ3v) is 3.64. The summed E-state index contributed by atoms with van der Waals surface area (Å²) in [6.45, 7) is 1.85. The van der Waals surface area contributed by atoms with Crippen molar-refractivity contribution in [2.24, 2.45) is 0 Å². The molecule has 20 heavy (non-hydrogen) atoms. The van der Waals surface area contributed by atoms with Gasteiger partial charge in [0.25, 0.3) is 0 Å². The van der Waals surface area contributed by atoms with Crippen molar-refractivity contribution < 1.29 is 4.79 Å². The minimum Gasteiger partial charge on any atom is -0.360 e. The first-order valence-corrected chi connectivity index (χ1v) is 7.11. The molecular weight excluding hydrogens is 278 g/mol. The van der Waals surface area contributed by atoms with Crippen molar-refractivity contribution >= 4 is 23.3 Å². The zero-order valence-electron chi connectivity index (χ0n) is 11.8. The molecule has 0 radical (unpaired) electrons. The standard InChI is InChI=1S/C13H20ClN5O/c1-18(10-3-4-10)7-8-19(2)13(20)9-15-12-6-5-11(14)16-17-12/h5-6,10H,3-4,7-9H2,1-2H3,(H,15,17). The van der Waals surface area contributed by atoms with E-state index in [1.807, 2.05) is 7.05 Å². The number of hydrogen-bond donors (Lipinski definition) is 1. The van der Waals surface area contributed by atoms with E-state index in [-0.39, 0.29) is 12.5 Å². The molecule has 1 fully saturated rings. The summed E-state index contributed by atoms with van der Waals surface area (Å²) in [6, 6.07) is 4.06. The highest BCUT2D eigenvalue weighted by Gasteiger charge is 2.25. The van der Waals surface area contributed by atoms with Gasteiger partial charge in [-0.3, -0.25) is 4.79 Å². The van der Waals surface area contributed by atoms with Crippen molar-refractivity contribution in [2.45, 2.75) is 18.9 Å². The molecule has 1 aromatic rings. The van der Waals surface area contributed by atoms with Crippen LogP contribution in [0.15, 0.2) is 12.1 Å². The molecule has 0 spiro atoms. The van der Waals surface area contributed by atoms with E-state index in [1.54, 1.807) is 17.0 Å². The average Bonchev–Trinajstić information content (AvgIpc) is 3.28. The van der Waals surface area contributed by atoms with Crippen molar-refractivity contribution in [3.05, 3.63) is 17.3 Å². The summed E-state index contributed by atoms with van der Waals surface area (Å²) >= 11 is 5.65. The molecule has 0 bridgehead atoms. The molecule has 1 aliphatic rings. The maximum Gasteiger partial charge on any atom is 0.241 e. The van der Waals surface area contributed by atoms with Crippen LogP contribution in [0, 0.1) is 0 Å². The Bertz CT molecular complexity index is 449. The molecule has 0 aliphatic heterocycles. The van der Waals surface area contributed by atoms with Crippen LogP contribution < -0.4 is 5.32 Å². The van der Waals surface area contributed by atoms with Crippen LogP contribution in [-0.2, 0) is 4.79 Å². The molecule has 0 aromatic carbocycles. The monoisotopic (exact) mass is 297 g/mol. The number of nitrogens with zero attached hydrogens (tertiary/aromatic N) is 4. The largest absolute Gasteiger partial charge is 0.360 e. The number of aromatic nitrogens is 2. The minimum atomic E-state index is 0.0333. The van der Waals surface area contributed by atoms with E-state index in [0.29, 0.717) is 11.0 Å². The number of nitrogens with one attached hydrogen (secondary N) is 1. The summed E-state index contributed by atoms with van der Waals surface area (Å²) in [6.07, 6.45) is 2.57. The Morgan fingerprint density at radius 2 is 2.10 bits per heavy atom. The van der Waals surface area contributed by atoms with E-state index in [2.05, 4.69) is 27.5 Å². The minimum absolute atomic E-state index is 0.0333. The van der Waals surface area contributed by atoms with Gasteiger partial charge >= 0.3 is 0 Å². The Kier molecular flexibility index (Phi) is 5.14. The number of amides is 1. The molecule has 1 heterocycles. The first-order chi connectivity index (χ1) is 9.56. The fourth-order valence-corrected chi connectivity index (χ4v) is 1.94. The van der Waals surface area contributed by atoms with Gasteiger partial charge in [0.15, 0.2) is 5.15 Å². The molecule has 1 saturated carbocycles. The second-order valence-electron chi connectivity index (χ2n) is 5.12. The van der Waals surface area contributed by atoms with Gasteiger partial charge < -0.3 is 15.1 Å². The lowest BCUT2D eigenvalue weighted by molar-refractivity contribution is -0.128. The number of carbonyl (C=O) groups excluding carboxylic acids is 1. The first-order valence-electron chi connectivity index (χ1n) is 6.73. The molecule has 110 valence electrons. The summed E-state index contributed by atoms with van der Waals surface area (Å²) < 4.78 is 0. The van der Waals surface area contributed by atoms with Gasteiger partial charge in [-0.1, -0.05) is 11.6 Å². The molecule has 1 N–H and O–H groups in total. The summed E-state index contributed by atoms with van der Waals surface area (Å²) in [5.74, 6) is 0.581. The van der Waals surface area contributed by atoms with Crippen molar-refractivity contribution in [3.63, 3.8) is 0 Å². The van der Waals surface area contributed by atoms with E-state index >= 15 is 0 Å². The van der Waals surface area contributed by atoms with Crippen LogP contribution in [-0.4, -0.2) is 65.7 Å². The van der Waals surface area contributed by atoms with Crippen LogP contribution in [0.25, 0.3) is 0 Å². The third-order valence-electron chi connectivity index (χ3n) is 3.44. The molecule has 2 rings (SSSR count). The Hall–Kier alpha value is -1.40. The number of rotatable bonds is 7. The average molecular weight is 298 g/mol. The second-order valence-corrected chi connectivity index (χ2v) is 5.51. The zero-order chi connectivity index (χ0) is 14.5. The number of likely N-dealkylation sites (N-methyl/N-ethyl adjacent to an activating group) is 2. The highest BCUT2D eigenvalue weighted by Crippen LogP contribution is 2.24. The SMILES string of the molecule is CN(CCN(C)C1CC1)C(=O)CNc1ccc(Cl)nn1. The molecule has 6 nitrogen and oxygen atoms in total. The lowest BCUT2D eigenvalue weighted by Gasteiger charge is -2.22. The Labute approximate surface area is 124 Å². The Morgan fingerprint density at radius 3 is 2.70 bits per heavy atom. The van der Waals surface area contributed by atoms with Crippen molar-refractivity contribution in [3.8, 4) is 0 Å². The molecule has 1 aliphatic carbocycles. The molecule has 0 saturated heterocycles. The van der Waals surface area contributed by atoms with Gasteiger partial charge in [0.05, 0.1) is 6.54 Å². The van der Waals surface area contributed by atoms with Gasteiger partial charge in [0.1, 0.15) is 5.82 Å². The Balaban J connectivity index is 1.68. The summed E-state index contributed by atoms with van der Waals surface area (Å²) in [4.78, 5) is 16.0. The molecule has 7 heteroatoms. The fraction of sp³-hybridized carbons (Fsp3) is 0.615. The summed E-state index contributed by atoms with van der Waals surface area (Å²) in [7, 11) is 3.93. The lowest BCUT2D eigenvalue weighted by Crippen LogP contribution is -2.38. The van der Waals surface area contributed by atoms with Gasteiger partial charge in [0, 0.05) is 26.2 Å². The zero-order valence-corrected chi connectivity index (χ0v) is 12.6. The van der Waals surface area contributed by atoms with Crippen molar-refractivity contribution in [1.29, 1.82) is 0 Å². The van der Waals surface area contributed by atoms with Crippen LogP contribution in [0.4, 0.5) is 5.82 Å². The molecule has 1 aromatic heterocycles. The van der Waals surface area contributed by atoms with E-state index in [9.17, 15) is 4.79 Å². The quantitative estimate of drug-likeness (QED) is 0.816. The van der Waals surface area contributed by atoms with E-state index in [1.165, 1.54) is 12.8 Å². The third kappa shape index (κ3) is 4.61. The maximum atomic E-state index is 12.0. The highest BCUT2D eigenvalue weighted by atomic mass is 35.5. The maximum absolute atomic E-state index is 12.0. The predicted octanol–water partition coefficient (Wildman–Crippen LogP) is 1.09. The van der Waals surface area contributed by atoms with Gasteiger partial charge in [-0.25, -0.2) is 0 Å². The van der Waals surface area contributed by atoms with Gasteiger partial charge in [-0.2, -0.15) is 0 Å². The smallest absolute Gasteiger partial charge is 0.241 e. The predicted molar refractivity (Wildman–Crippen MR) is 78.8 cm³/mol. The molecular formula is C13H20ClN5O. The number of hydrogen-bond acceptors (Lipinski definition) is 5. The van der Waals surface area contributed by atoms with Crippen LogP contribution in [0.5, 0.6) is 0 Å². The summed E-state index contributed by atoms with van der Waals surface area (Å²) in [5.41, 5.74) is 0. The molecule has 0 unspecified atom stereocenters. The normalized spacial score (nSPS) is 14.4. The van der Waals surface area contributed by atoms with Gasteiger partial charge in [-0.15, -0.1) is 10.2 Å². The summed E-state index contributed by atoms with van der Waals surface area (Å²) in [5, 5.41) is 10.8. The van der Waals surface area contributed by atoms with E-state index in [0.717, 1.165) is 19.1 Å². The van der Waals surface area contributed by atoms with E-state index < -0.39 is 0 Å². The second kappa shape index (κ2) is 6.85. The van der Waals surface area contributed by atoms with Crippen LogP contribution in [0.1, 0.15) is 12.8 Å². The van der Waals surface area contributed by atoms with Crippen molar-refractivity contribution in [2.75, 3.05) is 39.0 Å². The van der Waals surface area contributed by atoms with E-state index in [4.69, 9.17) is 11.6 Å². The fourth-order valence-electron chi connectivity index (χ4n) is 1.84. The van der Waals surface area contributed by atoms with Gasteiger partial charge in [-0.05, 0) is 32.0 Å². The number of halogens is 1. The topological polar surface area (TPSA) is 61.4 Å². The van der Waals surface area contributed by atoms with Crippen LogP contribution >= 0.6 is 11.6 Å². The lowest BCUT2D eigenvalue weighted by atomic mass is 10.4. The number of anilines is 1. The van der Waals surface area contributed by atoms with Gasteiger partial charge in [0.2, 0.25) is 5.91 Å². The number of carbonyl (C=O) groups is 1. The highest BCUT2D eigenvalue weighted by molar-refractivity contribution is 6.29. The van der Waals surface area contributed by atoms with Crippen molar-refractivity contribution in [1.82, 2.24) is 20.0 Å². The van der Waals surface area contributed by atoms with Crippen LogP contribution in [0.3, 0.4) is 0 Å².